The average molecular weight is 306 g/mol. The van der Waals surface area contributed by atoms with Gasteiger partial charge in [-0.25, -0.2) is 4.79 Å². The minimum absolute atomic E-state index is 0.380. The molecular formula is C9H10BrN2O3S-. The van der Waals surface area contributed by atoms with E-state index in [-0.39, 0.29) is 0 Å². The van der Waals surface area contributed by atoms with E-state index in [4.69, 9.17) is 0 Å². The maximum atomic E-state index is 10.9. The highest BCUT2D eigenvalue weighted by Crippen LogP contribution is 2.10. The van der Waals surface area contributed by atoms with E-state index in [1.165, 1.54) is 0 Å². The van der Waals surface area contributed by atoms with Crippen LogP contribution in [-0.4, -0.2) is 21.3 Å². The van der Waals surface area contributed by atoms with Gasteiger partial charge in [0.05, 0.1) is 0 Å². The summed E-state index contributed by atoms with van der Waals surface area (Å²) in [6.45, 7) is 0.380. The molecule has 0 heterocycles. The number of nitrogens with one attached hydrogen (secondary N) is 2. The normalized spacial score (nSPS) is 11.9. The Morgan fingerprint density at radius 1 is 1.38 bits per heavy atom. The van der Waals surface area contributed by atoms with Crippen LogP contribution >= 0.6 is 15.9 Å². The smallest absolute Gasteiger partial charge is 0.325 e. The van der Waals surface area contributed by atoms with Gasteiger partial charge in [0.1, 0.15) is 0 Å². The van der Waals surface area contributed by atoms with Crippen molar-refractivity contribution in [2.75, 3.05) is 6.54 Å². The average Bonchev–Trinajstić information content (AvgIpc) is 2.20. The predicted molar refractivity (Wildman–Crippen MR) is 63.3 cm³/mol. The summed E-state index contributed by atoms with van der Waals surface area (Å²) in [7, 11) is 0. The lowest BCUT2D eigenvalue weighted by Gasteiger charge is -2.08. The molecule has 88 valence electrons. The Balaban J connectivity index is 2.28. The predicted octanol–water partition coefficient (Wildman–Crippen LogP) is 1.08. The zero-order valence-electron chi connectivity index (χ0n) is 8.23. The summed E-state index contributed by atoms with van der Waals surface area (Å²) in [6, 6.07) is 6.94. The van der Waals surface area contributed by atoms with E-state index in [1.807, 2.05) is 24.3 Å². The van der Waals surface area contributed by atoms with Crippen molar-refractivity contribution >= 4 is 33.2 Å². The van der Waals surface area contributed by atoms with Gasteiger partial charge in [-0.1, -0.05) is 28.1 Å². The monoisotopic (exact) mass is 305 g/mol. The van der Waals surface area contributed by atoms with Crippen molar-refractivity contribution in [1.82, 2.24) is 10.0 Å². The van der Waals surface area contributed by atoms with Crippen molar-refractivity contribution in [3.63, 3.8) is 0 Å². The van der Waals surface area contributed by atoms with Crippen molar-refractivity contribution in [3.05, 3.63) is 34.3 Å². The van der Waals surface area contributed by atoms with Crippen LogP contribution in [0.4, 0.5) is 4.79 Å². The summed E-state index contributed by atoms with van der Waals surface area (Å²) in [4.78, 5) is 10.9. The Labute approximate surface area is 104 Å². The second-order valence-electron chi connectivity index (χ2n) is 2.97. The highest BCUT2D eigenvalue weighted by Gasteiger charge is 1.98. The van der Waals surface area contributed by atoms with Crippen molar-refractivity contribution in [2.24, 2.45) is 0 Å². The molecule has 0 radical (unpaired) electrons. The molecule has 0 aliphatic heterocycles. The molecule has 0 aromatic heterocycles. The van der Waals surface area contributed by atoms with Crippen LogP contribution in [0.1, 0.15) is 5.56 Å². The lowest BCUT2D eigenvalue weighted by molar-refractivity contribution is 0.245. The number of hydrogen-bond acceptors (Lipinski definition) is 3. The van der Waals surface area contributed by atoms with Crippen LogP contribution in [0.2, 0.25) is 0 Å². The van der Waals surface area contributed by atoms with Crippen LogP contribution in [0.15, 0.2) is 28.7 Å². The van der Waals surface area contributed by atoms with Gasteiger partial charge in [0.25, 0.3) is 0 Å². The maximum Gasteiger partial charge on any atom is 0.325 e. The summed E-state index contributed by atoms with van der Waals surface area (Å²) in [6.07, 6.45) is 0.645. The second-order valence-corrected chi connectivity index (χ2v) is 4.56. The Morgan fingerprint density at radius 2 is 2.00 bits per heavy atom. The SMILES string of the molecule is O=C(NCCc1ccc(Br)cc1)NS(=O)[O-]. The molecule has 0 saturated carbocycles. The summed E-state index contributed by atoms with van der Waals surface area (Å²) >= 11 is 0.751. The summed E-state index contributed by atoms with van der Waals surface area (Å²) in [5.74, 6) is 0. The van der Waals surface area contributed by atoms with Gasteiger partial charge < -0.3 is 9.87 Å². The van der Waals surface area contributed by atoms with Crippen LogP contribution in [0.25, 0.3) is 0 Å². The molecule has 1 atom stereocenters. The molecule has 5 nitrogen and oxygen atoms in total. The first kappa shape index (κ1) is 13.1. The van der Waals surface area contributed by atoms with Gasteiger partial charge in [-0.2, -0.15) is 0 Å². The first-order valence-electron chi connectivity index (χ1n) is 4.46. The van der Waals surface area contributed by atoms with Gasteiger partial charge in [-0.15, -0.1) is 0 Å². The topological polar surface area (TPSA) is 81.3 Å². The number of urea groups is 1. The lowest BCUT2D eigenvalue weighted by atomic mass is 10.1. The fourth-order valence-corrected chi connectivity index (χ4v) is 1.57. The molecule has 1 rings (SSSR count). The molecule has 1 aromatic carbocycles. The zero-order chi connectivity index (χ0) is 12.0. The van der Waals surface area contributed by atoms with Gasteiger partial charge in [-0.3, -0.25) is 8.93 Å². The van der Waals surface area contributed by atoms with Crippen LogP contribution in [0, 0.1) is 0 Å². The number of carbonyl (C=O) groups is 1. The third kappa shape index (κ3) is 5.24. The lowest BCUT2D eigenvalue weighted by Crippen LogP contribution is -2.37. The Morgan fingerprint density at radius 3 is 2.56 bits per heavy atom. The van der Waals surface area contributed by atoms with Crippen LogP contribution in [0.3, 0.4) is 0 Å². The Kier molecular flexibility index (Phi) is 5.44. The molecule has 1 unspecified atom stereocenters. The van der Waals surface area contributed by atoms with Crippen LogP contribution in [0.5, 0.6) is 0 Å². The van der Waals surface area contributed by atoms with Crippen LogP contribution < -0.4 is 10.0 Å². The number of rotatable bonds is 4. The highest BCUT2D eigenvalue weighted by molar-refractivity contribution is 9.10. The molecule has 7 heteroatoms. The molecule has 0 aliphatic rings. The van der Waals surface area contributed by atoms with E-state index in [0.717, 1.165) is 10.0 Å². The minimum Gasteiger partial charge on any atom is -0.755 e. The van der Waals surface area contributed by atoms with E-state index in [9.17, 15) is 13.6 Å². The first-order chi connectivity index (χ1) is 7.58. The number of amides is 2. The summed E-state index contributed by atoms with van der Waals surface area (Å²) < 4.78 is 22.9. The van der Waals surface area contributed by atoms with Crippen LogP contribution in [-0.2, 0) is 17.7 Å². The van der Waals surface area contributed by atoms with E-state index >= 15 is 0 Å². The third-order valence-electron chi connectivity index (χ3n) is 1.79. The molecule has 0 saturated heterocycles. The molecule has 2 N–H and O–H groups in total. The molecule has 2 amide bonds. The van der Waals surface area contributed by atoms with E-state index in [0.29, 0.717) is 13.0 Å². The molecule has 1 aromatic rings. The quantitative estimate of drug-likeness (QED) is 0.817. The summed E-state index contributed by atoms with van der Waals surface area (Å²) in [5.41, 5.74) is 1.06. The van der Waals surface area contributed by atoms with E-state index in [2.05, 4.69) is 21.2 Å². The minimum atomic E-state index is -2.56. The van der Waals surface area contributed by atoms with E-state index in [1.54, 1.807) is 4.72 Å². The third-order valence-corrected chi connectivity index (χ3v) is 2.67. The van der Waals surface area contributed by atoms with E-state index < -0.39 is 17.3 Å². The molecule has 0 aliphatic carbocycles. The largest absolute Gasteiger partial charge is 0.755 e. The van der Waals surface area contributed by atoms with Crippen molar-refractivity contribution < 1.29 is 13.6 Å². The number of halogens is 1. The number of carbonyl (C=O) groups excluding carboxylic acids is 1. The highest BCUT2D eigenvalue weighted by atomic mass is 79.9. The fraction of sp³-hybridized carbons (Fsp3) is 0.222. The number of benzene rings is 1. The molecular weight excluding hydrogens is 296 g/mol. The second kappa shape index (κ2) is 6.62. The van der Waals surface area contributed by atoms with Crippen molar-refractivity contribution in [1.29, 1.82) is 0 Å². The standard InChI is InChI=1S/C9H11BrN2O3S/c10-8-3-1-7(2-4-8)5-6-11-9(13)12-16(14)15/h1-4H,5-6H2,(H,14,15)(H2,11,12,13)/p-1. The molecule has 0 spiro atoms. The van der Waals surface area contributed by atoms with Gasteiger partial charge in [0.2, 0.25) is 0 Å². The summed E-state index contributed by atoms with van der Waals surface area (Å²) in [5, 5.41) is 2.42. The van der Waals surface area contributed by atoms with Gasteiger partial charge in [-0.05, 0) is 24.1 Å². The van der Waals surface area contributed by atoms with Gasteiger partial charge >= 0.3 is 6.03 Å². The van der Waals surface area contributed by atoms with Gasteiger partial charge in [0, 0.05) is 22.3 Å². The van der Waals surface area contributed by atoms with Gasteiger partial charge in [0.15, 0.2) is 0 Å². The maximum absolute atomic E-state index is 10.9. The molecule has 0 fully saturated rings. The number of hydrogen-bond donors (Lipinski definition) is 2. The van der Waals surface area contributed by atoms with Crippen molar-refractivity contribution in [3.8, 4) is 0 Å². The molecule has 0 bridgehead atoms. The molecule has 16 heavy (non-hydrogen) atoms. The Bertz CT molecular complexity index is 383. The Hall–Kier alpha value is -0.920. The zero-order valence-corrected chi connectivity index (χ0v) is 10.6. The fourth-order valence-electron chi connectivity index (χ4n) is 1.08. The van der Waals surface area contributed by atoms with Crippen molar-refractivity contribution in [2.45, 2.75) is 6.42 Å². The first-order valence-corrected chi connectivity index (χ1v) is 6.33.